The molecule has 0 radical (unpaired) electrons. The van der Waals surface area contributed by atoms with Crippen molar-refractivity contribution in [2.45, 2.75) is 12.1 Å². The van der Waals surface area contributed by atoms with E-state index >= 15 is 0 Å². The second-order valence-electron chi connectivity index (χ2n) is 6.01. The number of imidazole rings is 1. The highest BCUT2D eigenvalue weighted by molar-refractivity contribution is 7.99. The number of para-hydroxylation sites is 1. The molecule has 0 fully saturated rings. The zero-order valence-corrected chi connectivity index (χ0v) is 16.4. The molecule has 2 amide bonds. The van der Waals surface area contributed by atoms with Crippen LogP contribution < -0.4 is 10.6 Å². The van der Waals surface area contributed by atoms with Gasteiger partial charge in [-0.25, -0.2) is 4.98 Å². The van der Waals surface area contributed by atoms with E-state index in [0.717, 1.165) is 5.69 Å². The number of nitrogens with one attached hydrogen (secondary N) is 2. The summed E-state index contributed by atoms with van der Waals surface area (Å²) in [5, 5.41) is 16.8. The molecule has 3 rings (SSSR count). The number of benzene rings is 2. The Balaban J connectivity index is 1.85. The molecule has 0 atom stereocenters. The normalized spacial score (nSPS) is 10.7. The fraction of sp³-hybridized carbons (Fsp3) is 0.211. The molecule has 0 aliphatic rings. The molecule has 0 bridgehead atoms. The SMILES string of the molecule is CCNC(=O)CNC(=O)CSc1nc2cc([N+](=O)[O-])ccc2n1-c1ccccc1. The fourth-order valence-corrected chi connectivity index (χ4v) is 3.56. The van der Waals surface area contributed by atoms with Gasteiger partial charge in [-0.15, -0.1) is 0 Å². The molecular weight excluding hydrogens is 394 g/mol. The quantitative estimate of drug-likeness (QED) is 0.332. The summed E-state index contributed by atoms with van der Waals surface area (Å²) in [6.07, 6.45) is 0. The molecule has 2 N–H and O–H groups in total. The van der Waals surface area contributed by atoms with E-state index in [1.54, 1.807) is 13.0 Å². The minimum absolute atomic E-state index is 0.0496. The van der Waals surface area contributed by atoms with Crippen LogP contribution in [0.25, 0.3) is 16.7 Å². The van der Waals surface area contributed by atoms with Gasteiger partial charge >= 0.3 is 0 Å². The molecule has 0 aliphatic heterocycles. The number of aromatic nitrogens is 2. The van der Waals surface area contributed by atoms with Crippen LogP contribution in [0.5, 0.6) is 0 Å². The summed E-state index contributed by atoms with van der Waals surface area (Å²) in [7, 11) is 0. The van der Waals surface area contributed by atoms with Gasteiger partial charge in [-0.2, -0.15) is 0 Å². The van der Waals surface area contributed by atoms with Crippen LogP contribution in [0.3, 0.4) is 0 Å². The van der Waals surface area contributed by atoms with Crippen molar-refractivity contribution in [3.63, 3.8) is 0 Å². The van der Waals surface area contributed by atoms with Crippen molar-refractivity contribution < 1.29 is 14.5 Å². The van der Waals surface area contributed by atoms with Gasteiger partial charge in [-0.05, 0) is 25.1 Å². The van der Waals surface area contributed by atoms with E-state index in [9.17, 15) is 19.7 Å². The number of nitro groups is 1. The minimum atomic E-state index is -0.470. The van der Waals surface area contributed by atoms with E-state index in [2.05, 4.69) is 15.6 Å². The molecule has 0 spiro atoms. The molecule has 2 aromatic carbocycles. The number of nitrogens with zero attached hydrogens (tertiary/aromatic N) is 3. The number of likely N-dealkylation sites (N-methyl/N-ethyl adjacent to an activating group) is 1. The number of nitro benzene ring substituents is 1. The van der Waals surface area contributed by atoms with Gasteiger partial charge in [0, 0.05) is 24.4 Å². The number of rotatable bonds is 8. The zero-order chi connectivity index (χ0) is 20.8. The van der Waals surface area contributed by atoms with E-state index in [1.165, 1.54) is 23.9 Å². The first-order valence-corrected chi connectivity index (χ1v) is 9.86. The maximum atomic E-state index is 12.1. The Morgan fingerprint density at radius 3 is 2.59 bits per heavy atom. The van der Waals surface area contributed by atoms with Gasteiger partial charge in [-0.1, -0.05) is 30.0 Å². The standard InChI is InChI=1S/C19H19N5O4S/c1-2-20-17(25)11-21-18(26)12-29-19-22-15-10-14(24(27)28)8-9-16(15)23(19)13-6-4-3-5-7-13/h3-10H,2,11-12H2,1H3,(H,20,25)(H,21,26). The average Bonchev–Trinajstić information content (AvgIpc) is 3.09. The zero-order valence-electron chi connectivity index (χ0n) is 15.6. The smallest absolute Gasteiger partial charge is 0.271 e. The monoisotopic (exact) mass is 413 g/mol. The van der Waals surface area contributed by atoms with Crippen molar-refractivity contribution in [2.24, 2.45) is 0 Å². The van der Waals surface area contributed by atoms with Crippen LogP contribution in [0.2, 0.25) is 0 Å². The summed E-state index contributed by atoms with van der Waals surface area (Å²) < 4.78 is 1.85. The van der Waals surface area contributed by atoms with Crippen molar-refractivity contribution in [1.29, 1.82) is 0 Å². The first-order chi connectivity index (χ1) is 14.0. The maximum absolute atomic E-state index is 12.1. The number of carbonyl (C=O) groups is 2. The Morgan fingerprint density at radius 2 is 1.90 bits per heavy atom. The summed E-state index contributed by atoms with van der Waals surface area (Å²) >= 11 is 1.19. The van der Waals surface area contributed by atoms with Gasteiger partial charge in [0.15, 0.2) is 5.16 Å². The van der Waals surface area contributed by atoms with Gasteiger partial charge in [0.05, 0.1) is 28.3 Å². The molecule has 0 saturated heterocycles. The number of thioether (sulfide) groups is 1. The number of carbonyl (C=O) groups excluding carboxylic acids is 2. The highest BCUT2D eigenvalue weighted by Gasteiger charge is 2.17. The van der Waals surface area contributed by atoms with E-state index in [1.807, 2.05) is 34.9 Å². The number of non-ortho nitro benzene ring substituents is 1. The Hall–Kier alpha value is -3.40. The van der Waals surface area contributed by atoms with Crippen molar-refractivity contribution >= 4 is 40.3 Å². The van der Waals surface area contributed by atoms with Crippen molar-refractivity contribution in [1.82, 2.24) is 20.2 Å². The molecule has 1 heterocycles. The van der Waals surface area contributed by atoms with Crippen LogP contribution in [0, 0.1) is 10.1 Å². The van der Waals surface area contributed by atoms with E-state index in [0.29, 0.717) is 22.7 Å². The summed E-state index contributed by atoms with van der Waals surface area (Å²) in [6.45, 7) is 2.21. The topological polar surface area (TPSA) is 119 Å². The van der Waals surface area contributed by atoms with Crippen LogP contribution in [0.15, 0.2) is 53.7 Å². The molecular formula is C19H19N5O4S. The van der Waals surface area contributed by atoms with Gasteiger partial charge < -0.3 is 10.6 Å². The highest BCUT2D eigenvalue weighted by atomic mass is 32.2. The molecule has 0 saturated carbocycles. The first kappa shape index (κ1) is 20.3. The van der Waals surface area contributed by atoms with Gasteiger partial charge in [0.1, 0.15) is 0 Å². The first-order valence-electron chi connectivity index (χ1n) is 8.88. The van der Waals surface area contributed by atoms with Crippen LogP contribution in [-0.2, 0) is 9.59 Å². The lowest BCUT2D eigenvalue weighted by Crippen LogP contribution is -2.37. The summed E-state index contributed by atoms with van der Waals surface area (Å²) in [5.74, 6) is -0.508. The number of fused-ring (bicyclic) bond motifs is 1. The molecule has 150 valence electrons. The maximum Gasteiger partial charge on any atom is 0.271 e. The van der Waals surface area contributed by atoms with Crippen molar-refractivity contribution in [3.05, 3.63) is 58.6 Å². The highest BCUT2D eigenvalue weighted by Crippen LogP contribution is 2.30. The summed E-state index contributed by atoms with van der Waals surface area (Å²) in [4.78, 5) is 38.7. The lowest BCUT2D eigenvalue weighted by Gasteiger charge is -2.09. The molecule has 3 aromatic rings. The average molecular weight is 413 g/mol. The van der Waals surface area contributed by atoms with Crippen LogP contribution in [-0.4, -0.2) is 45.1 Å². The summed E-state index contributed by atoms with van der Waals surface area (Å²) in [6, 6.07) is 13.9. The third-order valence-electron chi connectivity index (χ3n) is 3.98. The van der Waals surface area contributed by atoms with Crippen LogP contribution in [0.1, 0.15) is 6.92 Å². The Kier molecular flexibility index (Phi) is 6.45. The van der Waals surface area contributed by atoms with Gasteiger partial charge in [-0.3, -0.25) is 24.3 Å². The van der Waals surface area contributed by atoms with Crippen LogP contribution >= 0.6 is 11.8 Å². The minimum Gasteiger partial charge on any atom is -0.355 e. The predicted octanol–water partition coefficient (Wildman–Crippen LogP) is 2.28. The third-order valence-corrected chi connectivity index (χ3v) is 4.92. The molecule has 0 aliphatic carbocycles. The third kappa shape index (κ3) is 4.91. The fourth-order valence-electron chi connectivity index (χ4n) is 2.70. The molecule has 9 nitrogen and oxygen atoms in total. The Labute approximate surface area is 170 Å². The second-order valence-corrected chi connectivity index (χ2v) is 6.96. The lowest BCUT2D eigenvalue weighted by atomic mass is 10.2. The van der Waals surface area contributed by atoms with Gasteiger partial charge in [0.2, 0.25) is 11.8 Å². The molecule has 0 unspecified atom stereocenters. The van der Waals surface area contributed by atoms with Gasteiger partial charge in [0.25, 0.3) is 5.69 Å². The lowest BCUT2D eigenvalue weighted by molar-refractivity contribution is -0.384. The van der Waals surface area contributed by atoms with Crippen LogP contribution in [0.4, 0.5) is 5.69 Å². The van der Waals surface area contributed by atoms with E-state index in [-0.39, 0.29) is 29.8 Å². The second kappa shape index (κ2) is 9.20. The van der Waals surface area contributed by atoms with E-state index < -0.39 is 4.92 Å². The molecule has 10 heteroatoms. The molecule has 29 heavy (non-hydrogen) atoms. The number of hydrogen-bond donors (Lipinski definition) is 2. The largest absolute Gasteiger partial charge is 0.355 e. The molecule has 1 aromatic heterocycles. The number of hydrogen-bond acceptors (Lipinski definition) is 6. The van der Waals surface area contributed by atoms with E-state index in [4.69, 9.17) is 0 Å². The summed E-state index contributed by atoms with van der Waals surface area (Å²) in [5.41, 5.74) is 1.95. The number of amides is 2. The van der Waals surface area contributed by atoms with Crippen molar-refractivity contribution in [2.75, 3.05) is 18.8 Å². The Morgan fingerprint density at radius 1 is 1.14 bits per heavy atom. The predicted molar refractivity (Wildman–Crippen MR) is 110 cm³/mol. The van der Waals surface area contributed by atoms with Crippen molar-refractivity contribution in [3.8, 4) is 5.69 Å². The Bertz CT molecular complexity index is 1050.